The van der Waals surface area contributed by atoms with Gasteiger partial charge in [0, 0.05) is 19.1 Å². The number of furan rings is 1. The lowest BCUT2D eigenvalue weighted by Gasteiger charge is -2.15. The molecule has 1 aliphatic heterocycles. The first-order valence-corrected chi connectivity index (χ1v) is 6.35. The van der Waals surface area contributed by atoms with Crippen LogP contribution in [-0.4, -0.2) is 37.6 Å². The molecule has 0 bridgehead atoms. The zero-order chi connectivity index (χ0) is 13.7. The quantitative estimate of drug-likeness (QED) is 0.815. The van der Waals surface area contributed by atoms with Crippen LogP contribution in [0, 0.1) is 5.92 Å². The van der Waals surface area contributed by atoms with E-state index in [1.165, 1.54) is 12.5 Å². The largest absolute Gasteiger partial charge is 0.472 e. The summed E-state index contributed by atoms with van der Waals surface area (Å²) in [4.78, 5) is 23.5. The number of rotatable bonds is 5. The smallest absolute Gasteiger partial charge is 0.255 e. The maximum atomic E-state index is 11.8. The molecule has 0 aromatic carbocycles. The molecule has 0 spiro atoms. The third-order valence-corrected chi connectivity index (χ3v) is 3.11. The van der Waals surface area contributed by atoms with Gasteiger partial charge in [0.25, 0.3) is 5.91 Å². The van der Waals surface area contributed by atoms with Crippen LogP contribution in [-0.2, 0) is 9.53 Å². The van der Waals surface area contributed by atoms with E-state index in [0.717, 1.165) is 13.0 Å². The van der Waals surface area contributed by atoms with Crippen molar-refractivity contribution >= 4 is 11.8 Å². The van der Waals surface area contributed by atoms with Gasteiger partial charge < -0.3 is 19.8 Å². The van der Waals surface area contributed by atoms with E-state index in [-0.39, 0.29) is 11.8 Å². The minimum Gasteiger partial charge on any atom is -0.472 e. The summed E-state index contributed by atoms with van der Waals surface area (Å²) in [6, 6.07) is 0.972. The van der Waals surface area contributed by atoms with Gasteiger partial charge in [-0.15, -0.1) is 0 Å². The van der Waals surface area contributed by atoms with Crippen molar-refractivity contribution < 1.29 is 18.7 Å². The van der Waals surface area contributed by atoms with Gasteiger partial charge in [0.2, 0.25) is 5.91 Å². The molecule has 0 saturated carbocycles. The van der Waals surface area contributed by atoms with E-state index in [9.17, 15) is 9.59 Å². The molecule has 0 aliphatic carbocycles. The Hall–Kier alpha value is -1.82. The number of amides is 2. The second-order valence-electron chi connectivity index (χ2n) is 4.68. The van der Waals surface area contributed by atoms with Crippen LogP contribution >= 0.6 is 0 Å². The van der Waals surface area contributed by atoms with Gasteiger partial charge in [-0.2, -0.15) is 0 Å². The first-order valence-electron chi connectivity index (χ1n) is 6.35. The summed E-state index contributed by atoms with van der Waals surface area (Å²) < 4.78 is 10.0. The Bertz CT molecular complexity index is 424. The number of carbonyl (C=O) groups is 2. The van der Waals surface area contributed by atoms with E-state index >= 15 is 0 Å². The predicted octanol–water partition coefficient (Wildman–Crippen LogP) is 0.551. The van der Waals surface area contributed by atoms with Gasteiger partial charge in [0.05, 0.1) is 18.4 Å². The standard InChI is InChI=1S/C13H18N2O4/c1-9(15-13(17)11-3-5-19-8-11)12(16)14-6-10-2-4-18-7-10/h3,5,8-10H,2,4,6-7H2,1H3,(H,14,16)(H,15,17). The van der Waals surface area contributed by atoms with Crippen molar-refractivity contribution in [1.29, 1.82) is 0 Å². The van der Waals surface area contributed by atoms with Crippen LogP contribution in [0.5, 0.6) is 0 Å². The molecule has 6 heteroatoms. The summed E-state index contributed by atoms with van der Waals surface area (Å²) in [6.07, 6.45) is 3.73. The van der Waals surface area contributed by atoms with Crippen LogP contribution < -0.4 is 10.6 Å². The second-order valence-corrected chi connectivity index (χ2v) is 4.68. The number of ether oxygens (including phenoxy) is 1. The number of hydrogen-bond acceptors (Lipinski definition) is 4. The minimum atomic E-state index is -0.579. The molecule has 1 aliphatic rings. The van der Waals surface area contributed by atoms with Crippen LogP contribution in [0.2, 0.25) is 0 Å². The average molecular weight is 266 g/mol. The van der Waals surface area contributed by atoms with Crippen LogP contribution in [0.1, 0.15) is 23.7 Å². The van der Waals surface area contributed by atoms with Crippen LogP contribution in [0.3, 0.4) is 0 Å². The molecule has 1 fully saturated rings. The molecular weight excluding hydrogens is 248 g/mol. The van der Waals surface area contributed by atoms with Crippen molar-refractivity contribution in [1.82, 2.24) is 10.6 Å². The summed E-state index contributed by atoms with van der Waals surface area (Å²) >= 11 is 0. The maximum absolute atomic E-state index is 11.8. The lowest BCUT2D eigenvalue weighted by Crippen LogP contribution is -2.46. The van der Waals surface area contributed by atoms with Gasteiger partial charge in [-0.3, -0.25) is 9.59 Å². The zero-order valence-electron chi connectivity index (χ0n) is 10.8. The Morgan fingerprint density at radius 3 is 3.00 bits per heavy atom. The highest BCUT2D eigenvalue weighted by Crippen LogP contribution is 2.10. The lowest BCUT2D eigenvalue weighted by molar-refractivity contribution is -0.122. The highest BCUT2D eigenvalue weighted by Gasteiger charge is 2.20. The summed E-state index contributed by atoms with van der Waals surface area (Å²) in [5.41, 5.74) is 0.406. The molecule has 1 saturated heterocycles. The molecule has 2 rings (SSSR count). The molecule has 2 heterocycles. The highest BCUT2D eigenvalue weighted by molar-refractivity contribution is 5.97. The Labute approximate surface area is 111 Å². The average Bonchev–Trinajstić information content (AvgIpc) is 3.08. The molecule has 6 nitrogen and oxygen atoms in total. The van der Waals surface area contributed by atoms with Crippen molar-refractivity contribution in [3.05, 3.63) is 24.2 Å². The van der Waals surface area contributed by atoms with Crippen molar-refractivity contribution in [3.63, 3.8) is 0 Å². The summed E-state index contributed by atoms with van der Waals surface area (Å²) in [5, 5.41) is 5.43. The number of hydrogen-bond donors (Lipinski definition) is 2. The number of carbonyl (C=O) groups excluding carboxylic acids is 2. The number of nitrogens with one attached hydrogen (secondary N) is 2. The Morgan fingerprint density at radius 2 is 2.37 bits per heavy atom. The highest BCUT2D eigenvalue weighted by atomic mass is 16.5. The Kier molecular flexibility index (Phi) is 4.57. The third kappa shape index (κ3) is 3.82. The van der Waals surface area contributed by atoms with Crippen molar-refractivity contribution in [2.75, 3.05) is 19.8 Å². The fraction of sp³-hybridized carbons (Fsp3) is 0.538. The normalized spacial score (nSPS) is 19.9. The van der Waals surface area contributed by atoms with Gasteiger partial charge in [-0.25, -0.2) is 0 Å². The molecule has 1 aromatic rings. The molecular formula is C13H18N2O4. The van der Waals surface area contributed by atoms with E-state index in [1.54, 1.807) is 13.0 Å². The van der Waals surface area contributed by atoms with E-state index < -0.39 is 6.04 Å². The van der Waals surface area contributed by atoms with Gasteiger partial charge in [-0.1, -0.05) is 0 Å². The summed E-state index contributed by atoms with van der Waals surface area (Å²) in [7, 11) is 0. The molecule has 2 amide bonds. The summed E-state index contributed by atoms with van der Waals surface area (Å²) in [6.45, 7) is 3.69. The lowest BCUT2D eigenvalue weighted by atomic mass is 10.1. The molecule has 0 radical (unpaired) electrons. The molecule has 2 atom stereocenters. The predicted molar refractivity (Wildman–Crippen MR) is 67.6 cm³/mol. The first-order chi connectivity index (χ1) is 9.16. The fourth-order valence-electron chi connectivity index (χ4n) is 1.88. The molecule has 104 valence electrons. The van der Waals surface area contributed by atoms with Crippen LogP contribution in [0.4, 0.5) is 0 Å². The SMILES string of the molecule is CC(NC(=O)c1ccoc1)C(=O)NCC1CCOC1. The zero-order valence-corrected chi connectivity index (χ0v) is 10.8. The summed E-state index contributed by atoms with van der Waals surface area (Å²) in [5.74, 6) is -0.134. The molecule has 1 aromatic heterocycles. The maximum Gasteiger partial charge on any atom is 0.255 e. The van der Waals surface area contributed by atoms with Crippen molar-refractivity contribution in [3.8, 4) is 0 Å². The van der Waals surface area contributed by atoms with Crippen LogP contribution in [0.25, 0.3) is 0 Å². The Morgan fingerprint density at radius 1 is 1.53 bits per heavy atom. The topological polar surface area (TPSA) is 80.6 Å². The first kappa shape index (κ1) is 13.6. The Balaban J connectivity index is 1.74. The van der Waals surface area contributed by atoms with Gasteiger partial charge in [-0.05, 0) is 19.4 Å². The van der Waals surface area contributed by atoms with E-state index in [0.29, 0.717) is 24.6 Å². The molecule has 19 heavy (non-hydrogen) atoms. The van der Waals surface area contributed by atoms with Crippen molar-refractivity contribution in [2.24, 2.45) is 5.92 Å². The molecule has 2 unspecified atom stereocenters. The monoisotopic (exact) mass is 266 g/mol. The van der Waals surface area contributed by atoms with Gasteiger partial charge in [0.15, 0.2) is 0 Å². The second kappa shape index (κ2) is 6.38. The van der Waals surface area contributed by atoms with Gasteiger partial charge in [0.1, 0.15) is 12.3 Å². The third-order valence-electron chi connectivity index (χ3n) is 3.11. The van der Waals surface area contributed by atoms with E-state index in [4.69, 9.17) is 9.15 Å². The van der Waals surface area contributed by atoms with E-state index in [2.05, 4.69) is 10.6 Å². The van der Waals surface area contributed by atoms with Crippen LogP contribution in [0.15, 0.2) is 23.0 Å². The minimum absolute atomic E-state index is 0.191. The van der Waals surface area contributed by atoms with Crippen molar-refractivity contribution in [2.45, 2.75) is 19.4 Å². The fourth-order valence-corrected chi connectivity index (χ4v) is 1.88. The van der Waals surface area contributed by atoms with Gasteiger partial charge >= 0.3 is 0 Å². The molecule has 2 N–H and O–H groups in total. The van der Waals surface area contributed by atoms with E-state index in [1.807, 2.05) is 0 Å².